The van der Waals surface area contributed by atoms with Gasteiger partial charge in [-0.25, -0.2) is 4.39 Å². The molecule has 1 aliphatic rings. The van der Waals surface area contributed by atoms with E-state index in [2.05, 4.69) is 4.90 Å². The van der Waals surface area contributed by atoms with Crippen LogP contribution in [-0.4, -0.2) is 48.9 Å². The van der Waals surface area contributed by atoms with Crippen LogP contribution >= 0.6 is 0 Å². The highest BCUT2D eigenvalue weighted by atomic mass is 19.4. The summed E-state index contributed by atoms with van der Waals surface area (Å²) in [6.07, 6.45) is -1.82. The van der Waals surface area contributed by atoms with Crippen molar-refractivity contribution in [3.8, 4) is 0 Å². The number of alkyl halides is 3. The van der Waals surface area contributed by atoms with Crippen molar-refractivity contribution < 1.29 is 22.4 Å². The quantitative estimate of drug-likeness (QED) is 0.582. The molecule has 0 spiro atoms. The standard InChI is InChI=1S/C24H28F4N2O/c1-29(23(31)16-20-6-2-3-8-22(20)25)17-19-10-13-30(14-11-19)12-9-18-5-4-7-21(15-18)24(26,27)28/h2-8,15,19H,9-14,16-17H2,1H3. The van der Waals surface area contributed by atoms with E-state index in [1.165, 1.54) is 18.2 Å². The topological polar surface area (TPSA) is 23.6 Å². The van der Waals surface area contributed by atoms with Crippen molar-refractivity contribution >= 4 is 5.91 Å². The van der Waals surface area contributed by atoms with Gasteiger partial charge in [0.15, 0.2) is 0 Å². The Morgan fingerprint density at radius 1 is 1.10 bits per heavy atom. The summed E-state index contributed by atoms with van der Waals surface area (Å²) in [4.78, 5) is 16.4. The average Bonchev–Trinajstić information content (AvgIpc) is 2.74. The van der Waals surface area contributed by atoms with Crippen LogP contribution in [0, 0.1) is 11.7 Å². The molecule has 0 aromatic heterocycles. The lowest BCUT2D eigenvalue weighted by atomic mass is 9.95. The fourth-order valence-electron chi connectivity index (χ4n) is 4.01. The number of hydrogen-bond donors (Lipinski definition) is 0. The lowest BCUT2D eigenvalue weighted by Crippen LogP contribution is -2.40. The molecular formula is C24H28F4N2O. The van der Waals surface area contributed by atoms with Gasteiger partial charge in [-0.1, -0.05) is 36.4 Å². The Bertz CT molecular complexity index is 876. The van der Waals surface area contributed by atoms with E-state index in [1.54, 1.807) is 36.2 Å². The second-order valence-corrected chi connectivity index (χ2v) is 8.28. The molecule has 7 heteroatoms. The lowest BCUT2D eigenvalue weighted by Gasteiger charge is -2.34. The average molecular weight is 436 g/mol. The van der Waals surface area contributed by atoms with Crippen LogP contribution in [0.15, 0.2) is 48.5 Å². The first-order valence-corrected chi connectivity index (χ1v) is 10.6. The number of benzene rings is 2. The Kier molecular flexibility index (Phi) is 7.70. The zero-order valence-corrected chi connectivity index (χ0v) is 17.7. The minimum Gasteiger partial charge on any atom is -0.345 e. The third kappa shape index (κ3) is 6.79. The van der Waals surface area contributed by atoms with E-state index in [4.69, 9.17) is 0 Å². The molecule has 2 aromatic rings. The summed E-state index contributed by atoms with van der Waals surface area (Å²) < 4.78 is 52.3. The monoisotopic (exact) mass is 436 g/mol. The van der Waals surface area contributed by atoms with E-state index in [0.29, 0.717) is 30.0 Å². The maximum absolute atomic E-state index is 13.8. The van der Waals surface area contributed by atoms with Crippen LogP contribution in [-0.2, 0) is 23.8 Å². The van der Waals surface area contributed by atoms with Gasteiger partial charge in [-0.15, -0.1) is 0 Å². The van der Waals surface area contributed by atoms with Crippen LogP contribution in [0.3, 0.4) is 0 Å². The van der Waals surface area contributed by atoms with Gasteiger partial charge in [-0.3, -0.25) is 4.79 Å². The van der Waals surface area contributed by atoms with Crippen LogP contribution < -0.4 is 0 Å². The van der Waals surface area contributed by atoms with Gasteiger partial charge in [-0.2, -0.15) is 13.2 Å². The molecule has 0 saturated carbocycles. The Balaban J connectivity index is 1.41. The van der Waals surface area contributed by atoms with Gasteiger partial charge in [0.2, 0.25) is 5.91 Å². The summed E-state index contributed by atoms with van der Waals surface area (Å²) >= 11 is 0. The van der Waals surface area contributed by atoms with Crippen molar-refractivity contribution in [3.05, 3.63) is 71.0 Å². The van der Waals surface area contributed by atoms with Crippen LogP contribution in [0.5, 0.6) is 0 Å². The summed E-state index contributed by atoms with van der Waals surface area (Å²) in [5, 5.41) is 0. The third-order valence-electron chi connectivity index (χ3n) is 5.94. The molecule has 0 aliphatic carbocycles. The molecule has 0 bridgehead atoms. The van der Waals surface area contributed by atoms with Crippen LogP contribution in [0.1, 0.15) is 29.5 Å². The zero-order chi connectivity index (χ0) is 22.4. The number of amides is 1. The van der Waals surface area contributed by atoms with Crippen molar-refractivity contribution in [2.45, 2.75) is 31.9 Å². The maximum Gasteiger partial charge on any atom is 0.416 e. The summed E-state index contributed by atoms with van der Waals surface area (Å²) in [7, 11) is 1.75. The van der Waals surface area contributed by atoms with Gasteiger partial charge in [0.05, 0.1) is 12.0 Å². The van der Waals surface area contributed by atoms with Gasteiger partial charge in [0.1, 0.15) is 5.82 Å². The van der Waals surface area contributed by atoms with Gasteiger partial charge in [0.25, 0.3) is 0 Å². The maximum atomic E-state index is 13.8. The fraction of sp³-hybridized carbons (Fsp3) is 0.458. The summed E-state index contributed by atoms with van der Waals surface area (Å²) in [5.41, 5.74) is 0.492. The van der Waals surface area contributed by atoms with Gasteiger partial charge < -0.3 is 9.80 Å². The van der Waals surface area contributed by atoms with Crippen molar-refractivity contribution in [1.29, 1.82) is 0 Å². The van der Waals surface area contributed by atoms with Crippen molar-refractivity contribution in [3.63, 3.8) is 0 Å². The number of likely N-dealkylation sites (tertiary alicyclic amines) is 1. The molecule has 1 saturated heterocycles. The Labute approximate surface area is 180 Å². The number of nitrogens with zero attached hydrogens (tertiary/aromatic N) is 2. The SMILES string of the molecule is CN(CC1CCN(CCc2cccc(C(F)(F)F)c2)CC1)C(=O)Cc1ccccc1F. The molecule has 2 aromatic carbocycles. The molecule has 3 nitrogen and oxygen atoms in total. The van der Waals surface area contributed by atoms with E-state index >= 15 is 0 Å². The largest absolute Gasteiger partial charge is 0.416 e. The van der Waals surface area contributed by atoms with Crippen LogP contribution in [0.4, 0.5) is 17.6 Å². The molecule has 168 valence electrons. The molecule has 0 radical (unpaired) electrons. The highest BCUT2D eigenvalue weighted by Crippen LogP contribution is 2.29. The normalized spacial score (nSPS) is 15.8. The molecule has 1 amide bonds. The first kappa shape index (κ1) is 23.3. The van der Waals surface area contributed by atoms with Crippen molar-refractivity contribution in [2.75, 3.05) is 33.2 Å². The molecule has 31 heavy (non-hydrogen) atoms. The number of hydrogen-bond acceptors (Lipinski definition) is 2. The second-order valence-electron chi connectivity index (χ2n) is 8.28. The lowest BCUT2D eigenvalue weighted by molar-refractivity contribution is -0.137. The van der Waals surface area contributed by atoms with E-state index in [1.807, 2.05) is 0 Å². The van der Waals surface area contributed by atoms with Crippen LogP contribution in [0.25, 0.3) is 0 Å². The minimum atomic E-state index is -4.32. The molecule has 1 fully saturated rings. The van der Waals surface area contributed by atoms with E-state index in [0.717, 1.165) is 38.5 Å². The molecular weight excluding hydrogens is 408 g/mol. The highest BCUT2D eigenvalue weighted by molar-refractivity contribution is 5.78. The van der Waals surface area contributed by atoms with Crippen LogP contribution in [0.2, 0.25) is 0 Å². The molecule has 0 atom stereocenters. The number of rotatable bonds is 7. The van der Waals surface area contributed by atoms with Gasteiger partial charge >= 0.3 is 6.18 Å². The summed E-state index contributed by atoms with van der Waals surface area (Å²) in [6.45, 7) is 3.07. The Hall–Kier alpha value is -2.41. The fourth-order valence-corrected chi connectivity index (χ4v) is 4.01. The Morgan fingerprint density at radius 3 is 2.48 bits per heavy atom. The highest BCUT2D eigenvalue weighted by Gasteiger charge is 2.30. The molecule has 1 heterocycles. The first-order chi connectivity index (χ1) is 14.7. The van der Waals surface area contributed by atoms with Crippen molar-refractivity contribution in [1.82, 2.24) is 9.80 Å². The summed E-state index contributed by atoms with van der Waals surface area (Å²) in [6, 6.07) is 11.8. The Morgan fingerprint density at radius 2 is 1.81 bits per heavy atom. The minimum absolute atomic E-state index is 0.0546. The molecule has 0 N–H and O–H groups in total. The van der Waals surface area contributed by atoms with Gasteiger partial charge in [-0.05, 0) is 61.5 Å². The molecule has 3 rings (SSSR count). The van der Waals surface area contributed by atoms with E-state index in [-0.39, 0.29) is 18.1 Å². The second kappa shape index (κ2) is 10.3. The zero-order valence-electron chi connectivity index (χ0n) is 17.7. The predicted molar refractivity (Wildman–Crippen MR) is 112 cm³/mol. The number of carbonyl (C=O) groups is 1. The third-order valence-corrected chi connectivity index (χ3v) is 5.94. The van der Waals surface area contributed by atoms with Crippen molar-refractivity contribution in [2.24, 2.45) is 5.92 Å². The molecule has 0 unspecified atom stereocenters. The molecule has 1 aliphatic heterocycles. The number of likely N-dealkylation sites (N-methyl/N-ethyl adjacent to an activating group) is 1. The summed E-state index contributed by atoms with van der Waals surface area (Å²) in [5.74, 6) is -0.0882. The van der Waals surface area contributed by atoms with Gasteiger partial charge in [0, 0.05) is 20.1 Å². The smallest absolute Gasteiger partial charge is 0.345 e. The predicted octanol–water partition coefficient (Wildman–Crippen LogP) is 4.80. The van der Waals surface area contributed by atoms with E-state index in [9.17, 15) is 22.4 Å². The number of halogens is 4. The first-order valence-electron chi connectivity index (χ1n) is 10.6. The van der Waals surface area contributed by atoms with E-state index < -0.39 is 11.7 Å². The number of piperidine rings is 1. The number of carbonyl (C=O) groups excluding carboxylic acids is 1.